The largest absolute Gasteiger partial charge is 0.352 e. The Morgan fingerprint density at radius 3 is 2.71 bits per heavy atom. The summed E-state index contributed by atoms with van der Waals surface area (Å²) in [5, 5.41) is 2.07. The Hall–Kier alpha value is -1.03. The molecule has 1 heterocycles. The number of aromatic nitrogens is 2. The van der Waals surface area contributed by atoms with Crippen molar-refractivity contribution < 1.29 is 4.79 Å². The maximum absolute atomic E-state index is 11.5. The van der Waals surface area contributed by atoms with Crippen molar-refractivity contribution in [3.8, 4) is 0 Å². The molecule has 0 aromatic carbocycles. The number of halogens is 1. The normalized spacial score (nSPS) is 12.9. The van der Waals surface area contributed by atoms with Crippen LogP contribution in [0, 0.1) is 0 Å². The molecule has 0 fully saturated rings. The third-order valence-corrected chi connectivity index (χ3v) is 2.20. The molecule has 5 heteroatoms. The molecule has 0 saturated heterocycles. The summed E-state index contributed by atoms with van der Waals surface area (Å²) in [6.07, 6.45) is 3.21. The van der Waals surface area contributed by atoms with Crippen molar-refractivity contribution in [3.05, 3.63) is 18.2 Å². The fourth-order valence-electron chi connectivity index (χ4n) is 1.10. The van der Waals surface area contributed by atoms with Crippen molar-refractivity contribution in [2.45, 2.75) is 25.3 Å². The van der Waals surface area contributed by atoms with Gasteiger partial charge < -0.3 is 9.88 Å². The molecule has 1 aromatic rings. The van der Waals surface area contributed by atoms with Gasteiger partial charge in [-0.2, -0.15) is 0 Å². The van der Waals surface area contributed by atoms with E-state index in [9.17, 15) is 4.79 Å². The van der Waals surface area contributed by atoms with Crippen LogP contribution in [0.15, 0.2) is 12.5 Å². The molecule has 0 spiro atoms. The maximum atomic E-state index is 11.5. The number of hydrogen-bond acceptors (Lipinski definition) is 2. The van der Waals surface area contributed by atoms with E-state index in [4.69, 9.17) is 11.6 Å². The molecule has 1 unspecified atom stereocenters. The van der Waals surface area contributed by atoms with Crippen LogP contribution in [-0.4, -0.2) is 21.5 Å². The van der Waals surface area contributed by atoms with E-state index in [1.165, 1.54) is 0 Å². The van der Waals surface area contributed by atoms with E-state index in [1.54, 1.807) is 24.1 Å². The molecule has 14 heavy (non-hydrogen) atoms. The number of imidazole rings is 1. The second-order valence-corrected chi connectivity index (χ2v) is 3.89. The highest BCUT2D eigenvalue weighted by molar-refractivity contribution is 6.30. The van der Waals surface area contributed by atoms with Gasteiger partial charge in [-0.3, -0.25) is 4.79 Å². The van der Waals surface area contributed by atoms with Crippen LogP contribution in [0.25, 0.3) is 0 Å². The lowest BCUT2D eigenvalue weighted by atomic mass is 10.3. The van der Waals surface area contributed by atoms with Gasteiger partial charge in [-0.05, 0) is 13.8 Å². The van der Waals surface area contributed by atoms with Gasteiger partial charge in [0, 0.05) is 13.1 Å². The van der Waals surface area contributed by atoms with Gasteiger partial charge in [0.15, 0.2) is 5.38 Å². The minimum absolute atomic E-state index is 0.0944. The number of amides is 1. The van der Waals surface area contributed by atoms with Gasteiger partial charge in [-0.25, -0.2) is 4.98 Å². The van der Waals surface area contributed by atoms with Crippen molar-refractivity contribution in [3.63, 3.8) is 0 Å². The minimum Gasteiger partial charge on any atom is -0.352 e. The number of nitrogens with one attached hydrogen (secondary N) is 1. The fourth-order valence-corrected chi connectivity index (χ4v) is 1.38. The smallest absolute Gasteiger partial charge is 0.244 e. The average molecular weight is 216 g/mol. The maximum Gasteiger partial charge on any atom is 0.244 e. The summed E-state index contributed by atoms with van der Waals surface area (Å²) in [6, 6.07) is 0.0944. The van der Waals surface area contributed by atoms with Crippen molar-refractivity contribution in [2.24, 2.45) is 7.05 Å². The highest BCUT2D eigenvalue weighted by atomic mass is 35.5. The van der Waals surface area contributed by atoms with Crippen LogP contribution in [0.4, 0.5) is 0 Å². The summed E-state index contributed by atoms with van der Waals surface area (Å²) in [5.41, 5.74) is 0.699. The molecule has 0 aliphatic carbocycles. The van der Waals surface area contributed by atoms with Gasteiger partial charge in [0.2, 0.25) is 5.91 Å². The van der Waals surface area contributed by atoms with Crippen LogP contribution < -0.4 is 5.32 Å². The van der Waals surface area contributed by atoms with Crippen molar-refractivity contribution in [1.82, 2.24) is 14.9 Å². The highest BCUT2D eigenvalue weighted by Gasteiger charge is 2.20. The first kappa shape index (κ1) is 11.0. The molecule has 1 N–H and O–H groups in total. The van der Waals surface area contributed by atoms with Crippen molar-refractivity contribution in [1.29, 1.82) is 0 Å². The Labute approximate surface area is 88.3 Å². The van der Waals surface area contributed by atoms with Gasteiger partial charge in [0.25, 0.3) is 0 Å². The van der Waals surface area contributed by atoms with E-state index in [1.807, 2.05) is 13.8 Å². The van der Waals surface area contributed by atoms with Crippen LogP contribution in [0.5, 0.6) is 0 Å². The molecule has 0 aliphatic heterocycles. The van der Waals surface area contributed by atoms with Crippen LogP contribution in [0.3, 0.4) is 0 Å². The average Bonchev–Trinajstić information content (AvgIpc) is 2.48. The van der Waals surface area contributed by atoms with E-state index >= 15 is 0 Å². The third-order valence-electron chi connectivity index (χ3n) is 1.77. The van der Waals surface area contributed by atoms with Crippen molar-refractivity contribution in [2.75, 3.05) is 0 Å². The topological polar surface area (TPSA) is 46.9 Å². The molecular weight excluding hydrogens is 202 g/mol. The van der Waals surface area contributed by atoms with Crippen LogP contribution in [0.2, 0.25) is 0 Å². The number of carbonyl (C=O) groups excluding carboxylic acids is 1. The van der Waals surface area contributed by atoms with Crippen LogP contribution >= 0.6 is 11.6 Å². The molecule has 78 valence electrons. The summed E-state index contributed by atoms with van der Waals surface area (Å²) in [6.45, 7) is 3.79. The Kier molecular flexibility index (Phi) is 3.52. The Morgan fingerprint density at radius 2 is 2.29 bits per heavy atom. The second-order valence-electron chi connectivity index (χ2n) is 3.46. The lowest BCUT2D eigenvalue weighted by Gasteiger charge is -2.13. The number of alkyl halides is 1. The first-order valence-electron chi connectivity index (χ1n) is 4.43. The molecule has 1 atom stereocenters. The van der Waals surface area contributed by atoms with Crippen molar-refractivity contribution >= 4 is 17.5 Å². The highest BCUT2D eigenvalue weighted by Crippen LogP contribution is 2.19. The number of carbonyl (C=O) groups is 1. The van der Waals surface area contributed by atoms with Gasteiger partial charge in [-0.1, -0.05) is 0 Å². The van der Waals surface area contributed by atoms with Crippen LogP contribution in [-0.2, 0) is 11.8 Å². The predicted octanol–water partition coefficient (Wildman–Crippen LogP) is 1.22. The predicted molar refractivity (Wildman–Crippen MR) is 55.1 cm³/mol. The Bertz CT molecular complexity index is 322. The number of rotatable bonds is 3. The fraction of sp³-hybridized carbons (Fsp3) is 0.556. The van der Waals surface area contributed by atoms with Gasteiger partial charge >= 0.3 is 0 Å². The lowest BCUT2D eigenvalue weighted by Crippen LogP contribution is -2.33. The van der Waals surface area contributed by atoms with Gasteiger partial charge in [0.05, 0.1) is 18.2 Å². The van der Waals surface area contributed by atoms with E-state index in [2.05, 4.69) is 10.3 Å². The zero-order chi connectivity index (χ0) is 10.7. The molecule has 1 amide bonds. The molecular formula is C9H14ClN3O. The number of hydrogen-bond donors (Lipinski definition) is 1. The third kappa shape index (κ3) is 2.48. The molecule has 4 nitrogen and oxygen atoms in total. The van der Waals surface area contributed by atoms with E-state index in [0.29, 0.717) is 5.69 Å². The number of nitrogens with zero attached hydrogens (tertiary/aromatic N) is 2. The molecule has 1 aromatic heterocycles. The number of aryl methyl sites for hydroxylation is 1. The SMILES string of the molecule is CC(C)NC(=O)C(Cl)c1cncn1C. The van der Waals surface area contributed by atoms with E-state index in [-0.39, 0.29) is 11.9 Å². The summed E-state index contributed by atoms with van der Waals surface area (Å²) in [7, 11) is 1.81. The van der Waals surface area contributed by atoms with E-state index < -0.39 is 5.38 Å². The summed E-state index contributed by atoms with van der Waals surface area (Å²) in [4.78, 5) is 15.4. The van der Waals surface area contributed by atoms with Crippen LogP contribution in [0.1, 0.15) is 24.9 Å². The summed E-state index contributed by atoms with van der Waals surface area (Å²) >= 11 is 5.97. The summed E-state index contributed by atoms with van der Waals surface area (Å²) < 4.78 is 1.73. The van der Waals surface area contributed by atoms with Gasteiger partial charge in [0.1, 0.15) is 0 Å². The van der Waals surface area contributed by atoms with E-state index in [0.717, 1.165) is 0 Å². The summed E-state index contributed by atoms with van der Waals surface area (Å²) in [5.74, 6) is -0.190. The molecule has 0 radical (unpaired) electrons. The first-order valence-corrected chi connectivity index (χ1v) is 4.86. The Morgan fingerprint density at radius 1 is 1.64 bits per heavy atom. The minimum atomic E-state index is -0.676. The standard InChI is InChI=1S/C9H14ClN3O/c1-6(2)12-9(14)8(10)7-4-11-5-13(7)3/h4-6,8H,1-3H3,(H,12,14). The zero-order valence-corrected chi connectivity index (χ0v) is 9.25. The zero-order valence-electron chi connectivity index (χ0n) is 8.49. The molecule has 0 aliphatic rings. The van der Waals surface area contributed by atoms with Gasteiger partial charge in [-0.15, -0.1) is 11.6 Å². The molecule has 0 saturated carbocycles. The molecule has 1 rings (SSSR count). The quantitative estimate of drug-likeness (QED) is 0.771. The molecule has 0 bridgehead atoms. The second kappa shape index (κ2) is 4.46. The lowest BCUT2D eigenvalue weighted by molar-refractivity contribution is -0.121. The monoisotopic (exact) mass is 215 g/mol. The first-order chi connectivity index (χ1) is 6.52. The Balaban J connectivity index is 2.71.